The van der Waals surface area contributed by atoms with E-state index in [0.29, 0.717) is 17.2 Å². The Kier molecular flexibility index (Phi) is 5.05. The second-order valence-electron chi connectivity index (χ2n) is 4.67. The Balaban J connectivity index is 1.77. The summed E-state index contributed by atoms with van der Waals surface area (Å²) >= 11 is 5.84. The van der Waals surface area contributed by atoms with Crippen molar-refractivity contribution in [1.82, 2.24) is 10.9 Å². The Hall–Kier alpha value is -2.21. The molecule has 2 amide bonds. The van der Waals surface area contributed by atoms with Crippen molar-refractivity contribution in [3.8, 4) is 0 Å². The summed E-state index contributed by atoms with van der Waals surface area (Å²) < 4.78 is 0. The highest BCUT2D eigenvalue weighted by molar-refractivity contribution is 6.30. The molecule has 0 aliphatic carbocycles. The number of hydrazone groups is 2. The van der Waals surface area contributed by atoms with E-state index >= 15 is 0 Å². The molecule has 0 bridgehead atoms. The fourth-order valence-electron chi connectivity index (χ4n) is 1.93. The van der Waals surface area contributed by atoms with Gasteiger partial charge < -0.3 is 0 Å². The van der Waals surface area contributed by atoms with Crippen LogP contribution in [0.5, 0.6) is 0 Å². The Labute approximate surface area is 127 Å². The van der Waals surface area contributed by atoms with Gasteiger partial charge in [-0.1, -0.05) is 23.7 Å². The van der Waals surface area contributed by atoms with Gasteiger partial charge in [-0.3, -0.25) is 9.59 Å². The van der Waals surface area contributed by atoms with Gasteiger partial charge in [-0.2, -0.15) is 10.2 Å². The van der Waals surface area contributed by atoms with Gasteiger partial charge in [0.05, 0.1) is 12.1 Å². The maximum Gasteiger partial charge on any atom is 0.248 e. The summed E-state index contributed by atoms with van der Waals surface area (Å²) in [5, 5.41) is 8.29. The minimum Gasteiger partial charge on any atom is -0.273 e. The minimum atomic E-state index is -0.326. The van der Waals surface area contributed by atoms with Crippen LogP contribution in [0.2, 0.25) is 5.02 Å². The molecule has 6 nitrogen and oxygen atoms in total. The van der Waals surface area contributed by atoms with E-state index in [2.05, 4.69) is 21.1 Å². The van der Waals surface area contributed by atoms with Crippen molar-refractivity contribution in [2.75, 3.05) is 0 Å². The molecule has 0 spiro atoms. The number of halogens is 1. The molecule has 2 rings (SSSR count). The number of amides is 2. The van der Waals surface area contributed by atoms with Gasteiger partial charge >= 0.3 is 0 Å². The van der Waals surface area contributed by atoms with Gasteiger partial charge in [0.2, 0.25) is 11.8 Å². The predicted octanol–water partition coefficient (Wildman–Crippen LogP) is 1.69. The van der Waals surface area contributed by atoms with Crippen molar-refractivity contribution in [1.29, 1.82) is 0 Å². The highest BCUT2D eigenvalue weighted by Gasteiger charge is 2.26. The molecule has 1 aromatic carbocycles. The van der Waals surface area contributed by atoms with E-state index in [9.17, 15) is 9.59 Å². The second-order valence-corrected chi connectivity index (χ2v) is 5.11. The largest absolute Gasteiger partial charge is 0.273 e. The zero-order chi connectivity index (χ0) is 15.2. The third kappa shape index (κ3) is 4.39. The second kappa shape index (κ2) is 6.99. The highest BCUT2D eigenvalue weighted by atomic mass is 35.5. The van der Waals surface area contributed by atoms with Crippen LogP contribution in [0.25, 0.3) is 0 Å². The lowest BCUT2D eigenvalue weighted by molar-refractivity contribution is -0.123. The molecule has 1 aliphatic heterocycles. The van der Waals surface area contributed by atoms with E-state index in [1.165, 1.54) is 6.21 Å². The molecule has 0 fully saturated rings. The SMILES string of the molecule is CC1=NNC(=O)[C@H]1CCC(=O)N/N=C\c1cccc(Cl)c1. The summed E-state index contributed by atoms with van der Waals surface area (Å²) in [7, 11) is 0. The monoisotopic (exact) mass is 306 g/mol. The third-order valence-electron chi connectivity index (χ3n) is 3.07. The molecule has 0 saturated heterocycles. The van der Waals surface area contributed by atoms with E-state index in [0.717, 1.165) is 5.56 Å². The van der Waals surface area contributed by atoms with Crippen molar-refractivity contribution < 1.29 is 9.59 Å². The first kappa shape index (κ1) is 15.2. The molecule has 0 aromatic heterocycles. The van der Waals surface area contributed by atoms with Gasteiger partial charge in [-0.05, 0) is 31.0 Å². The van der Waals surface area contributed by atoms with Gasteiger partial charge in [0.15, 0.2) is 0 Å². The van der Waals surface area contributed by atoms with Crippen LogP contribution in [0.15, 0.2) is 34.5 Å². The zero-order valence-corrected chi connectivity index (χ0v) is 12.2. The number of rotatable bonds is 5. The number of benzene rings is 1. The summed E-state index contributed by atoms with van der Waals surface area (Å²) in [6, 6.07) is 7.12. The summed E-state index contributed by atoms with van der Waals surface area (Å²) in [5.41, 5.74) is 6.30. The topological polar surface area (TPSA) is 82.9 Å². The summed E-state index contributed by atoms with van der Waals surface area (Å²) in [6.07, 6.45) is 2.14. The number of carbonyl (C=O) groups excluding carboxylic acids is 2. The molecule has 1 heterocycles. The number of hydrogen-bond donors (Lipinski definition) is 2. The lowest BCUT2D eigenvalue weighted by atomic mass is 9.99. The summed E-state index contributed by atoms with van der Waals surface area (Å²) in [4.78, 5) is 23.1. The summed E-state index contributed by atoms with van der Waals surface area (Å²) in [6.45, 7) is 1.76. The molecule has 1 aromatic rings. The number of nitrogens with zero attached hydrogens (tertiary/aromatic N) is 2. The molecule has 0 radical (unpaired) electrons. The van der Waals surface area contributed by atoms with Crippen LogP contribution in [-0.2, 0) is 9.59 Å². The average molecular weight is 307 g/mol. The molecular weight excluding hydrogens is 292 g/mol. The number of carbonyl (C=O) groups is 2. The quantitative estimate of drug-likeness (QED) is 0.641. The molecule has 1 atom stereocenters. The molecule has 1 aliphatic rings. The molecule has 7 heteroatoms. The van der Waals surface area contributed by atoms with Crippen molar-refractivity contribution in [2.24, 2.45) is 16.1 Å². The van der Waals surface area contributed by atoms with Gasteiger partial charge in [0, 0.05) is 17.2 Å². The maximum absolute atomic E-state index is 11.6. The van der Waals surface area contributed by atoms with Gasteiger partial charge in [0.25, 0.3) is 0 Å². The summed E-state index contributed by atoms with van der Waals surface area (Å²) in [5.74, 6) is -0.740. The van der Waals surface area contributed by atoms with E-state index in [-0.39, 0.29) is 24.2 Å². The average Bonchev–Trinajstić information content (AvgIpc) is 2.76. The first-order chi connectivity index (χ1) is 10.1. The predicted molar refractivity (Wildman–Crippen MR) is 81.2 cm³/mol. The molecule has 0 saturated carbocycles. The Morgan fingerprint density at radius 1 is 1.57 bits per heavy atom. The van der Waals surface area contributed by atoms with Gasteiger partial charge in [0.1, 0.15) is 0 Å². The standard InChI is InChI=1S/C14H15ClN4O2/c1-9-12(14(21)19-17-9)5-6-13(20)18-16-8-10-3-2-4-11(15)7-10/h2-4,7-8,12H,5-6H2,1H3,(H,18,20)(H,19,21)/b16-8-/t12-/m0/s1. The van der Waals surface area contributed by atoms with Gasteiger partial charge in [-0.15, -0.1) is 0 Å². The zero-order valence-electron chi connectivity index (χ0n) is 11.5. The van der Waals surface area contributed by atoms with E-state index in [1.54, 1.807) is 25.1 Å². The van der Waals surface area contributed by atoms with Crippen LogP contribution in [0.1, 0.15) is 25.3 Å². The van der Waals surface area contributed by atoms with Crippen molar-refractivity contribution >= 4 is 35.3 Å². The third-order valence-corrected chi connectivity index (χ3v) is 3.31. The highest BCUT2D eigenvalue weighted by Crippen LogP contribution is 2.13. The number of hydrogen-bond acceptors (Lipinski definition) is 4. The molecule has 110 valence electrons. The minimum absolute atomic E-state index is 0.164. The Bertz CT molecular complexity index is 613. The van der Waals surface area contributed by atoms with Gasteiger partial charge in [-0.25, -0.2) is 10.9 Å². The molecular formula is C14H15ClN4O2. The Morgan fingerprint density at radius 3 is 3.05 bits per heavy atom. The van der Waals surface area contributed by atoms with E-state index < -0.39 is 0 Å². The van der Waals surface area contributed by atoms with Crippen LogP contribution >= 0.6 is 11.6 Å². The first-order valence-electron chi connectivity index (χ1n) is 6.48. The lowest BCUT2D eigenvalue weighted by Gasteiger charge is -2.06. The lowest BCUT2D eigenvalue weighted by Crippen LogP contribution is -2.25. The van der Waals surface area contributed by atoms with Crippen LogP contribution in [0, 0.1) is 5.92 Å². The van der Waals surface area contributed by atoms with Crippen LogP contribution in [0.3, 0.4) is 0 Å². The number of nitrogens with one attached hydrogen (secondary N) is 2. The fraction of sp³-hybridized carbons (Fsp3) is 0.286. The van der Waals surface area contributed by atoms with Crippen molar-refractivity contribution in [3.05, 3.63) is 34.9 Å². The molecule has 2 N–H and O–H groups in total. The maximum atomic E-state index is 11.6. The van der Waals surface area contributed by atoms with Crippen molar-refractivity contribution in [3.63, 3.8) is 0 Å². The van der Waals surface area contributed by atoms with Crippen LogP contribution < -0.4 is 10.9 Å². The fourth-order valence-corrected chi connectivity index (χ4v) is 2.12. The smallest absolute Gasteiger partial charge is 0.248 e. The van der Waals surface area contributed by atoms with E-state index in [1.807, 2.05) is 6.07 Å². The first-order valence-corrected chi connectivity index (χ1v) is 6.85. The van der Waals surface area contributed by atoms with Crippen molar-refractivity contribution in [2.45, 2.75) is 19.8 Å². The Morgan fingerprint density at radius 2 is 2.38 bits per heavy atom. The molecule has 21 heavy (non-hydrogen) atoms. The van der Waals surface area contributed by atoms with Crippen LogP contribution in [0.4, 0.5) is 0 Å². The normalized spacial score (nSPS) is 17.7. The molecule has 0 unspecified atom stereocenters. The van der Waals surface area contributed by atoms with Crippen LogP contribution in [-0.4, -0.2) is 23.7 Å². The van der Waals surface area contributed by atoms with E-state index in [4.69, 9.17) is 11.6 Å².